The average molecular weight is 229 g/mol. The summed E-state index contributed by atoms with van der Waals surface area (Å²) >= 11 is 0. The van der Waals surface area contributed by atoms with Crippen molar-refractivity contribution in [1.29, 1.82) is 0 Å². The first-order chi connectivity index (χ1) is 8.20. The van der Waals surface area contributed by atoms with Crippen LogP contribution in [0.3, 0.4) is 0 Å². The quantitative estimate of drug-likeness (QED) is 0.807. The van der Waals surface area contributed by atoms with Gasteiger partial charge in [-0.2, -0.15) is 0 Å². The maximum absolute atomic E-state index is 5.72. The fraction of sp³-hybridized carbons (Fsp3) is 0.214. The molecule has 0 aliphatic rings. The van der Waals surface area contributed by atoms with E-state index in [4.69, 9.17) is 9.47 Å². The van der Waals surface area contributed by atoms with Gasteiger partial charge in [0, 0.05) is 17.8 Å². The molecule has 1 aromatic heterocycles. The Morgan fingerprint density at radius 2 is 1.76 bits per heavy atom. The number of ether oxygens (including phenoxy) is 2. The van der Waals surface area contributed by atoms with Gasteiger partial charge in [0.1, 0.15) is 11.5 Å². The number of nitrogens with zero attached hydrogens (tertiary/aromatic N) is 1. The van der Waals surface area contributed by atoms with Crippen LogP contribution in [0.25, 0.3) is 0 Å². The molecule has 0 unspecified atom stereocenters. The van der Waals surface area contributed by atoms with E-state index >= 15 is 0 Å². The lowest BCUT2D eigenvalue weighted by Crippen LogP contribution is -1.93. The van der Waals surface area contributed by atoms with Crippen molar-refractivity contribution in [3.63, 3.8) is 0 Å². The Kier molecular flexibility index (Phi) is 3.28. The van der Waals surface area contributed by atoms with E-state index in [0.29, 0.717) is 5.88 Å². The zero-order valence-electron chi connectivity index (χ0n) is 10.2. The summed E-state index contributed by atoms with van der Waals surface area (Å²) in [6.45, 7) is 3.95. The highest BCUT2D eigenvalue weighted by Gasteiger charge is 2.06. The third-order valence-corrected chi connectivity index (χ3v) is 2.55. The molecule has 2 rings (SSSR count). The van der Waals surface area contributed by atoms with Gasteiger partial charge < -0.3 is 9.47 Å². The van der Waals surface area contributed by atoms with Crippen LogP contribution in [-0.4, -0.2) is 12.1 Å². The van der Waals surface area contributed by atoms with Crippen LogP contribution >= 0.6 is 0 Å². The van der Waals surface area contributed by atoms with Crippen molar-refractivity contribution in [1.82, 2.24) is 4.98 Å². The van der Waals surface area contributed by atoms with Gasteiger partial charge in [-0.1, -0.05) is 12.1 Å². The molecule has 0 aliphatic carbocycles. The van der Waals surface area contributed by atoms with Crippen LogP contribution in [0.15, 0.2) is 36.5 Å². The molecule has 0 radical (unpaired) electrons. The molecule has 88 valence electrons. The summed E-state index contributed by atoms with van der Waals surface area (Å²) in [5.74, 6) is 2.17. The van der Waals surface area contributed by atoms with Gasteiger partial charge in [0.15, 0.2) is 0 Å². The van der Waals surface area contributed by atoms with E-state index < -0.39 is 0 Å². The third kappa shape index (κ3) is 2.56. The van der Waals surface area contributed by atoms with Crippen LogP contribution in [0.5, 0.6) is 17.4 Å². The summed E-state index contributed by atoms with van der Waals surface area (Å²) in [6.07, 6.45) is 1.78. The smallest absolute Gasteiger partial charge is 0.219 e. The maximum atomic E-state index is 5.72. The maximum Gasteiger partial charge on any atom is 0.219 e. The Balaban J connectivity index is 2.27. The summed E-state index contributed by atoms with van der Waals surface area (Å²) < 4.78 is 11.0. The summed E-state index contributed by atoms with van der Waals surface area (Å²) in [4.78, 5) is 4.21. The van der Waals surface area contributed by atoms with Gasteiger partial charge in [0.05, 0.1) is 7.11 Å². The molecule has 0 amide bonds. The fourth-order valence-corrected chi connectivity index (χ4v) is 1.55. The van der Waals surface area contributed by atoms with Gasteiger partial charge in [-0.15, -0.1) is 0 Å². The molecule has 17 heavy (non-hydrogen) atoms. The second kappa shape index (κ2) is 4.87. The highest BCUT2D eigenvalue weighted by molar-refractivity contribution is 5.44. The molecule has 0 aliphatic heterocycles. The van der Waals surface area contributed by atoms with Crippen molar-refractivity contribution < 1.29 is 9.47 Å². The molecular formula is C14H15NO2. The number of methoxy groups -OCH3 is 1. The number of aryl methyl sites for hydroxylation is 1. The van der Waals surface area contributed by atoms with Crippen LogP contribution in [0.1, 0.15) is 11.1 Å². The molecule has 0 atom stereocenters. The number of hydrogen-bond donors (Lipinski definition) is 0. The third-order valence-electron chi connectivity index (χ3n) is 2.55. The molecule has 0 saturated carbocycles. The molecule has 3 nitrogen and oxygen atoms in total. The number of benzene rings is 1. The SMILES string of the molecule is COc1cccc(Oc2ccc(C)cn2)c1C. The Morgan fingerprint density at radius 1 is 1.00 bits per heavy atom. The molecule has 0 saturated heterocycles. The molecule has 0 bridgehead atoms. The zero-order valence-corrected chi connectivity index (χ0v) is 10.2. The number of pyridine rings is 1. The number of rotatable bonds is 3. The van der Waals surface area contributed by atoms with Crippen molar-refractivity contribution in [3.05, 3.63) is 47.7 Å². The molecule has 1 aromatic carbocycles. The molecular weight excluding hydrogens is 214 g/mol. The Bertz CT molecular complexity index is 506. The summed E-state index contributed by atoms with van der Waals surface area (Å²) in [6, 6.07) is 9.53. The minimum absolute atomic E-state index is 0.590. The van der Waals surface area contributed by atoms with Crippen molar-refractivity contribution in [2.24, 2.45) is 0 Å². The molecule has 1 heterocycles. The lowest BCUT2D eigenvalue weighted by Gasteiger charge is -2.10. The normalized spacial score (nSPS) is 10.1. The van der Waals surface area contributed by atoms with E-state index in [0.717, 1.165) is 22.6 Å². The van der Waals surface area contributed by atoms with Crippen LogP contribution in [0.2, 0.25) is 0 Å². The van der Waals surface area contributed by atoms with E-state index in [2.05, 4.69) is 4.98 Å². The molecule has 3 heteroatoms. The second-order valence-electron chi connectivity index (χ2n) is 3.86. The van der Waals surface area contributed by atoms with Crippen molar-refractivity contribution in [3.8, 4) is 17.4 Å². The van der Waals surface area contributed by atoms with Crippen molar-refractivity contribution in [2.75, 3.05) is 7.11 Å². The van der Waals surface area contributed by atoms with Gasteiger partial charge in [-0.05, 0) is 31.5 Å². The first-order valence-electron chi connectivity index (χ1n) is 5.45. The first kappa shape index (κ1) is 11.5. The van der Waals surface area contributed by atoms with E-state index in [-0.39, 0.29) is 0 Å². The summed E-state index contributed by atoms with van der Waals surface area (Å²) in [7, 11) is 1.65. The minimum atomic E-state index is 0.590. The highest BCUT2D eigenvalue weighted by Crippen LogP contribution is 2.30. The van der Waals surface area contributed by atoms with Gasteiger partial charge >= 0.3 is 0 Å². The molecule has 0 N–H and O–H groups in total. The first-order valence-corrected chi connectivity index (χ1v) is 5.45. The number of hydrogen-bond acceptors (Lipinski definition) is 3. The fourth-order valence-electron chi connectivity index (χ4n) is 1.55. The van der Waals surface area contributed by atoms with E-state index in [1.807, 2.05) is 44.2 Å². The molecule has 2 aromatic rings. The Labute approximate surface area is 101 Å². The van der Waals surface area contributed by atoms with E-state index in [1.165, 1.54) is 0 Å². The van der Waals surface area contributed by atoms with Crippen molar-refractivity contribution in [2.45, 2.75) is 13.8 Å². The van der Waals surface area contributed by atoms with Crippen LogP contribution in [0.4, 0.5) is 0 Å². The van der Waals surface area contributed by atoms with Gasteiger partial charge in [0.2, 0.25) is 5.88 Å². The van der Waals surface area contributed by atoms with Crippen LogP contribution in [-0.2, 0) is 0 Å². The Morgan fingerprint density at radius 3 is 2.41 bits per heavy atom. The topological polar surface area (TPSA) is 31.4 Å². The monoisotopic (exact) mass is 229 g/mol. The van der Waals surface area contributed by atoms with Crippen LogP contribution in [0, 0.1) is 13.8 Å². The largest absolute Gasteiger partial charge is 0.496 e. The predicted molar refractivity (Wildman–Crippen MR) is 66.8 cm³/mol. The molecule has 0 spiro atoms. The number of aromatic nitrogens is 1. The zero-order chi connectivity index (χ0) is 12.3. The van der Waals surface area contributed by atoms with Crippen LogP contribution < -0.4 is 9.47 Å². The minimum Gasteiger partial charge on any atom is -0.496 e. The van der Waals surface area contributed by atoms with Crippen molar-refractivity contribution >= 4 is 0 Å². The second-order valence-corrected chi connectivity index (χ2v) is 3.86. The lowest BCUT2D eigenvalue weighted by atomic mass is 10.2. The summed E-state index contributed by atoms with van der Waals surface area (Å²) in [5.41, 5.74) is 2.08. The van der Waals surface area contributed by atoms with E-state index in [9.17, 15) is 0 Å². The highest BCUT2D eigenvalue weighted by atomic mass is 16.5. The van der Waals surface area contributed by atoms with E-state index in [1.54, 1.807) is 13.3 Å². The standard InChI is InChI=1S/C14H15NO2/c1-10-7-8-14(15-9-10)17-13-6-4-5-12(16-3)11(13)2/h4-9H,1-3H3. The predicted octanol–water partition coefficient (Wildman–Crippen LogP) is 3.50. The average Bonchev–Trinajstić information content (AvgIpc) is 2.35. The summed E-state index contributed by atoms with van der Waals surface area (Å²) in [5, 5.41) is 0. The van der Waals surface area contributed by atoms with Gasteiger partial charge in [-0.3, -0.25) is 0 Å². The molecule has 0 fully saturated rings. The Hall–Kier alpha value is -2.03. The van der Waals surface area contributed by atoms with Gasteiger partial charge in [0.25, 0.3) is 0 Å². The van der Waals surface area contributed by atoms with Gasteiger partial charge in [-0.25, -0.2) is 4.98 Å². The lowest BCUT2D eigenvalue weighted by molar-refractivity contribution is 0.402.